The molecule has 0 aliphatic carbocycles. The number of para-hydroxylation sites is 2. The number of thiocarbonyl (C=S) groups is 1. The quantitative estimate of drug-likeness (QED) is 0.450. The van der Waals surface area contributed by atoms with E-state index in [1.54, 1.807) is 13.3 Å². The summed E-state index contributed by atoms with van der Waals surface area (Å²) in [5, 5.41) is 3.99. The average Bonchev–Trinajstić information content (AvgIpc) is 3.42. The third kappa shape index (κ3) is 4.11. The molecule has 2 atom stereocenters. The molecule has 0 radical (unpaired) electrons. The maximum atomic E-state index is 11.8. The number of aromatic nitrogens is 2. The number of carbonyl (C=O) groups is 1. The highest BCUT2D eigenvalue weighted by Crippen LogP contribution is 2.40. The first-order valence-corrected chi connectivity index (χ1v) is 10.4. The summed E-state index contributed by atoms with van der Waals surface area (Å²) in [4.78, 5) is 18.4. The molecule has 0 unspecified atom stereocenters. The van der Waals surface area contributed by atoms with E-state index in [-0.39, 0.29) is 24.5 Å². The second-order valence-electron chi connectivity index (χ2n) is 7.12. The summed E-state index contributed by atoms with van der Waals surface area (Å²) >= 11 is 5.67. The standard InChI is InChI=1S/C23H24N4O3S/c1-29-19-11-4-3-9-17(19)26-14-7-10-18(26)22-21(16-8-5-6-13-24-16)25-23(31)27(22)15-12-20(28)30-2/h3-11,13-14,21-22H,12,15H2,1-2H3,(H,25,31)/t21-,22-/m0/s1. The summed E-state index contributed by atoms with van der Waals surface area (Å²) in [6.45, 7) is 0.434. The summed E-state index contributed by atoms with van der Waals surface area (Å²) < 4.78 is 12.5. The van der Waals surface area contributed by atoms with Crippen molar-refractivity contribution >= 4 is 23.3 Å². The van der Waals surface area contributed by atoms with Crippen LogP contribution in [0.3, 0.4) is 0 Å². The molecule has 1 N–H and O–H groups in total. The van der Waals surface area contributed by atoms with Gasteiger partial charge in [-0.2, -0.15) is 0 Å². The summed E-state index contributed by atoms with van der Waals surface area (Å²) in [5.41, 5.74) is 2.82. The molecule has 160 valence electrons. The van der Waals surface area contributed by atoms with Gasteiger partial charge in [-0.25, -0.2) is 0 Å². The highest BCUT2D eigenvalue weighted by atomic mass is 32.1. The van der Waals surface area contributed by atoms with Crippen LogP contribution in [0.5, 0.6) is 5.75 Å². The fraction of sp³-hybridized carbons (Fsp3) is 0.261. The van der Waals surface area contributed by atoms with Crippen molar-refractivity contribution in [2.45, 2.75) is 18.5 Å². The zero-order valence-electron chi connectivity index (χ0n) is 17.4. The van der Waals surface area contributed by atoms with Crippen LogP contribution in [0.25, 0.3) is 5.69 Å². The zero-order valence-corrected chi connectivity index (χ0v) is 18.2. The minimum atomic E-state index is -0.275. The van der Waals surface area contributed by atoms with Gasteiger partial charge in [0.2, 0.25) is 0 Å². The lowest BCUT2D eigenvalue weighted by molar-refractivity contribution is -0.140. The maximum absolute atomic E-state index is 11.8. The van der Waals surface area contributed by atoms with E-state index in [9.17, 15) is 4.79 Å². The Morgan fingerprint density at radius 2 is 1.94 bits per heavy atom. The lowest BCUT2D eigenvalue weighted by Gasteiger charge is -2.29. The van der Waals surface area contributed by atoms with E-state index in [0.717, 1.165) is 22.8 Å². The predicted molar refractivity (Wildman–Crippen MR) is 121 cm³/mol. The van der Waals surface area contributed by atoms with Gasteiger partial charge in [0.25, 0.3) is 0 Å². The van der Waals surface area contributed by atoms with Gasteiger partial charge in [-0.15, -0.1) is 0 Å². The van der Waals surface area contributed by atoms with E-state index in [1.165, 1.54) is 7.11 Å². The first-order chi connectivity index (χ1) is 15.1. The van der Waals surface area contributed by atoms with E-state index in [4.69, 9.17) is 21.7 Å². The van der Waals surface area contributed by atoms with Crippen LogP contribution in [0.4, 0.5) is 0 Å². The molecule has 1 aliphatic heterocycles. The van der Waals surface area contributed by atoms with Crippen LogP contribution in [0, 0.1) is 0 Å². The Labute approximate surface area is 186 Å². The van der Waals surface area contributed by atoms with Crippen LogP contribution in [0.15, 0.2) is 67.0 Å². The molecule has 1 saturated heterocycles. The molecule has 3 heterocycles. The maximum Gasteiger partial charge on any atom is 0.307 e. The molecule has 1 fully saturated rings. The third-order valence-electron chi connectivity index (χ3n) is 5.41. The number of rotatable bonds is 7. The first-order valence-electron chi connectivity index (χ1n) is 9.99. The highest BCUT2D eigenvalue weighted by molar-refractivity contribution is 7.80. The smallest absolute Gasteiger partial charge is 0.307 e. The van der Waals surface area contributed by atoms with Crippen LogP contribution in [0.2, 0.25) is 0 Å². The summed E-state index contributed by atoms with van der Waals surface area (Å²) in [6.07, 6.45) is 4.01. The van der Waals surface area contributed by atoms with Crippen LogP contribution in [0.1, 0.15) is 29.9 Å². The van der Waals surface area contributed by atoms with Gasteiger partial charge in [-0.05, 0) is 48.6 Å². The molecule has 7 nitrogen and oxygen atoms in total. The Bertz CT molecular complexity index is 1070. The van der Waals surface area contributed by atoms with Gasteiger partial charge in [0, 0.05) is 24.6 Å². The van der Waals surface area contributed by atoms with Gasteiger partial charge in [0.05, 0.1) is 44.1 Å². The van der Waals surface area contributed by atoms with Crippen molar-refractivity contribution in [2.75, 3.05) is 20.8 Å². The molecule has 1 aliphatic rings. The normalized spacial score (nSPS) is 18.0. The SMILES string of the molecule is COC(=O)CCN1C(=S)N[C@@H](c2ccccn2)[C@@H]1c1cccn1-c1ccccc1OC. The highest BCUT2D eigenvalue weighted by Gasteiger charge is 2.41. The topological polar surface area (TPSA) is 68.6 Å². The lowest BCUT2D eigenvalue weighted by Crippen LogP contribution is -2.32. The zero-order chi connectivity index (χ0) is 21.8. The van der Waals surface area contributed by atoms with Gasteiger partial charge in [0.1, 0.15) is 5.75 Å². The number of nitrogens with one attached hydrogen (secondary N) is 1. The first kappa shape index (κ1) is 20.9. The number of benzene rings is 1. The molecule has 31 heavy (non-hydrogen) atoms. The van der Waals surface area contributed by atoms with Crippen LogP contribution < -0.4 is 10.1 Å². The monoisotopic (exact) mass is 436 g/mol. The molecule has 4 rings (SSSR count). The van der Waals surface area contributed by atoms with Gasteiger partial charge in [0.15, 0.2) is 5.11 Å². The third-order valence-corrected chi connectivity index (χ3v) is 5.76. The van der Waals surface area contributed by atoms with Crippen molar-refractivity contribution in [3.63, 3.8) is 0 Å². The molecule has 3 aromatic rings. The molecular formula is C23H24N4O3S. The van der Waals surface area contributed by atoms with E-state index >= 15 is 0 Å². The number of hydrogen-bond donors (Lipinski definition) is 1. The van der Waals surface area contributed by atoms with Crippen molar-refractivity contribution < 1.29 is 14.3 Å². The van der Waals surface area contributed by atoms with Crippen molar-refractivity contribution in [2.24, 2.45) is 0 Å². The molecule has 0 spiro atoms. The van der Waals surface area contributed by atoms with Crippen molar-refractivity contribution in [1.82, 2.24) is 19.8 Å². The summed E-state index contributed by atoms with van der Waals surface area (Å²) in [6, 6.07) is 17.4. The van der Waals surface area contributed by atoms with Crippen molar-refractivity contribution in [3.05, 3.63) is 78.4 Å². The minimum absolute atomic E-state index is 0.172. The number of ether oxygens (including phenoxy) is 2. The van der Waals surface area contributed by atoms with E-state index in [0.29, 0.717) is 11.7 Å². The van der Waals surface area contributed by atoms with Crippen LogP contribution in [-0.2, 0) is 9.53 Å². The minimum Gasteiger partial charge on any atom is -0.495 e. The van der Waals surface area contributed by atoms with Crippen molar-refractivity contribution in [1.29, 1.82) is 0 Å². The fourth-order valence-electron chi connectivity index (χ4n) is 3.96. The largest absolute Gasteiger partial charge is 0.495 e. The number of methoxy groups -OCH3 is 2. The Hall–Kier alpha value is -3.39. The number of esters is 1. The summed E-state index contributed by atoms with van der Waals surface area (Å²) in [5.74, 6) is 0.493. The van der Waals surface area contributed by atoms with E-state index < -0.39 is 0 Å². The molecule has 0 bridgehead atoms. The van der Waals surface area contributed by atoms with Crippen LogP contribution >= 0.6 is 12.2 Å². The molecule has 0 amide bonds. The molecule has 1 aromatic carbocycles. The van der Waals surface area contributed by atoms with E-state index in [2.05, 4.69) is 20.9 Å². The average molecular weight is 437 g/mol. The Morgan fingerprint density at radius 3 is 2.68 bits per heavy atom. The van der Waals surface area contributed by atoms with Gasteiger partial charge >= 0.3 is 5.97 Å². The fourth-order valence-corrected chi connectivity index (χ4v) is 4.30. The van der Waals surface area contributed by atoms with Crippen molar-refractivity contribution in [3.8, 4) is 11.4 Å². The Kier molecular flexibility index (Phi) is 6.18. The Balaban J connectivity index is 1.79. The predicted octanol–water partition coefficient (Wildman–Crippen LogP) is 3.42. The molecule has 2 aromatic heterocycles. The molecule has 0 saturated carbocycles. The number of hydrogen-bond acceptors (Lipinski definition) is 5. The second-order valence-corrected chi connectivity index (χ2v) is 7.51. The number of carbonyl (C=O) groups excluding carboxylic acids is 1. The van der Waals surface area contributed by atoms with Gasteiger partial charge in [-0.1, -0.05) is 18.2 Å². The molecular weight excluding hydrogens is 412 g/mol. The van der Waals surface area contributed by atoms with Crippen LogP contribution in [-0.4, -0.2) is 46.3 Å². The second kappa shape index (κ2) is 9.18. The van der Waals surface area contributed by atoms with Gasteiger partial charge in [-0.3, -0.25) is 9.78 Å². The number of nitrogens with zero attached hydrogens (tertiary/aromatic N) is 3. The van der Waals surface area contributed by atoms with Gasteiger partial charge < -0.3 is 24.3 Å². The Morgan fingerprint density at radius 1 is 1.13 bits per heavy atom. The molecule has 8 heteroatoms. The van der Waals surface area contributed by atoms with E-state index in [1.807, 2.05) is 59.6 Å². The summed E-state index contributed by atoms with van der Waals surface area (Å²) in [7, 11) is 3.05. The number of pyridine rings is 1. The lowest BCUT2D eigenvalue weighted by atomic mass is 10.0.